The summed E-state index contributed by atoms with van der Waals surface area (Å²) in [5.41, 5.74) is 1.81. The number of fused-ring (bicyclic) bond motifs is 3. The monoisotopic (exact) mass is 569 g/mol. The van der Waals surface area contributed by atoms with E-state index in [4.69, 9.17) is 26.1 Å². The van der Waals surface area contributed by atoms with Crippen LogP contribution in [0.2, 0.25) is 5.02 Å². The highest BCUT2D eigenvalue weighted by Gasteiger charge is 2.49. The Morgan fingerprint density at radius 3 is 2.98 bits per heavy atom. The van der Waals surface area contributed by atoms with Gasteiger partial charge in [-0.25, -0.2) is 8.78 Å². The molecule has 210 valence electrons. The predicted octanol–water partition coefficient (Wildman–Crippen LogP) is 4.85. The van der Waals surface area contributed by atoms with Crippen LogP contribution in [0, 0.1) is 12.7 Å². The maximum absolute atomic E-state index is 16.5. The van der Waals surface area contributed by atoms with Gasteiger partial charge < -0.3 is 14.4 Å². The third kappa shape index (κ3) is 4.26. The molecule has 40 heavy (non-hydrogen) atoms. The number of rotatable bonds is 5. The highest BCUT2D eigenvalue weighted by atomic mass is 35.5. The molecule has 3 aliphatic rings. The summed E-state index contributed by atoms with van der Waals surface area (Å²) in [6.45, 7) is 5.84. The van der Waals surface area contributed by atoms with Gasteiger partial charge in [0.15, 0.2) is 5.82 Å². The van der Waals surface area contributed by atoms with Crippen LogP contribution in [0.4, 0.5) is 14.6 Å². The molecule has 0 amide bonds. The molecule has 0 bridgehead atoms. The fraction of sp³-hybridized carbons (Fsp3) is 0.500. The van der Waals surface area contributed by atoms with Crippen LogP contribution in [0.15, 0.2) is 18.5 Å². The first-order valence-corrected chi connectivity index (χ1v) is 14.1. The lowest BCUT2D eigenvalue weighted by Gasteiger charge is -2.31. The van der Waals surface area contributed by atoms with Crippen molar-refractivity contribution in [2.45, 2.75) is 44.3 Å². The van der Waals surface area contributed by atoms with Crippen LogP contribution in [0.3, 0.4) is 0 Å². The highest BCUT2D eigenvalue weighted by molar-refractivity contribution is 6.32. The molecule has 0 radical (unpaired) electrons. The Labute approximate surface area is 234 Å². The number of anilines is 1. The molecule has 7 rings (SSSR count). The standard InChI is InChI=1S/C28H30ClF2N7O2/c1-16-20(29)10-21-18(13-33-36-21)22(16)25-23(31)24-19(12-32-25)26(37-5-3-8-39-9-7-37)35-27(34-24)40-15-28-4-2-6-38(28)14-17(30)11-28/h10,12-13,17H,2-9,11,14-15H2,1H3,(H,33,36)/t17-,28+/m1/s1. The topological polar surface area (TPSA) is 92.3 Å². The zero-order valence-electron chi connectivity index (χ0n) is 22.2. The summed E-state index contributed by atoms with van der Waals surface area (Å²) in [4.78, 5) is 18.1. The van der Waals surface area contributed by atoms with E-state index in [1.54, 1.807) is 18.5 Å². The number of H-pyrrole nitrogens is 1. The molecule has 3 aromatic heterocycles. The van der Waals surface area contributed by atoms with E-state index in [0.29, 0.717) is 77.5 Å². The SMILES string of the molecule is Cc1c(Cl)cc2[nH]ncc2c1-c1ncc2c(N3CCCOCC3)nc(OC[C@@]34CCCN3C[C@H](F)C4)nc2c1F. The van der Waals surface area contributed by atoms with Crippen LogP contribution in [-0.4, -0.2) is 87.8 Å². The highest BCUT2D eigenvalue weighted by Crippen LogP contribution is 2.41. The van der Waals surface area contributed by atoms with Crippen molar-refractivity contribution in [3.05, 3.63) is 34.9 Å². The average molecular weight is 570 g/mol. The molecule has 0 aliphatic carbocycles. The summed E-state index contributed by atoms with van der Waals surface area (Å²) < 4.78 is 42.7. The third-order valence-electron chi connectivity index (χ3n) is 8.58. The third-order valence-corrected chi connectivity index (χ3v) is 8.97. The largest absolute Gasteiger partial charge is 0.461 e. The molecule has 3 fully saturated rings. The quantitative estimate of drug-likeness (QED) is 0.365. The second-order valence-electron chi connectivity index (χ2n) is 11.0. The Morgan fingerprint density at radius 2 is 2.08 bits per heavy atom. The number of alkyl halides is 1. The maximum Gasteiger partial charge on any atom is 0.319 e. The minimum absolute atomic E-state index is 0.0727. The van der Waals surface area contributed by atoms with E-state index in [9.17, 15) is 4.39 Å². The smallest absolute Gasteiger partial charge is 0.319 e. The number of hydrogen-bond donors (Lipinski definition) is 1. The summed E-state index contributed by atoms with van der Waals surface area (Å²) in [6, 6.07) is 1.84. The number of halogens is 3. The van der Waals surface area contributed by atoms with Gasteiger partial charge in [0, 0.05) is 54.8 Å². The number of benzene rings is 1. The van der Waals surface area contributed by atoms with Gasteiger partial charge in [0.25, 0.3) is 0 Å². The van der Waals surface area contributed by atoms with Gasteiger partial charge in [-0.15, -0.1) is 0 Å². The molecule has 3 aliphatic heterocycles. The fourth-order valence-corrected chi connectivity index (χ4v) is 6.78. The van der Waals surface area contributed by atoms with Gasteiger partial charge in [0.1, 0.15) is 29.8 Å². The van der Waals surface area contributed by atoms with Crippen LogP contribution in [0.25, 0.3) is 33.1 Å². The lowest BCUT2D eigenvalue weighted by atomic mass is 9.95. The van der Waals surface area contributed by atoms with Crippen LogP contribution in [0.1, 0.15) is 31.2 Å². The Morgan fingerprint density at radius 1 is 1.18 bits per heavy atom. The Bertz CT molecular complexity index is 1590. The van der Waals surface area contributed by atoms with Gasteiger partial charge in [-0.05, 0) is 44.4 Å². The summed E-state index contributed by atoms with van der Waals surface area (Å²) in [5.74, 6) is -0.0365. The Balaban J connectivity index is 1.35. The number of nitrogens with one attached hydrogen (secondary N) is 1. The number of pyridine rings is 1. The van der Waals surface area contributed by atoms with Crippen LogP contribution < -0.4 is 9.64 Å². The van der Waals surface area contributed by atoms with Gasteiger partial charge in [-0.2, -0.15) is 15.1 Å². The first-order valence-electron chi connectivity index (χ1n) is 13.8. The lowest BCUT2D eigenvalue weighted by Crippen LogP contribution is -2.43. The van der Waals surface area contributed by atoms with E-state index >= 15 is 4.39 Å². The number of hydrogen-bond acceptors (Lipinski definition) is 8. The zero-order chi connectivity index (χ0) is 27.4. The lowest BCUT2D eigenvalue weighted by molar-refractivity contribution is 0.107. The molecular weight excluding hydrogens is 540 g/mol. The Hall–Kier alpha value is -3.15. The van der Waals surface area contributed by atoms with Gasteiger partial charge in [0.05, 0.1) is 29.2 Å². The molecule has 2 atom stereocenters. The van der Waals surface area contributed by atoms with Crippen molar-refractivity contribution in [3.63, 3.8) is 0 Å². The van der Waals surface area contributed by atoms with E-state index in [1.807, 2.05) is 6.92 Å². The number of ether oxygens (including phenoxy) is 2. The van der Waals surface area contributed by atoms with E-state index in [1.165, 1.54) is 0 Å². The second kappa shape index (κ2) is 10.0. The molecule has 0 spiro atoms. The molecule has 0 saturated carbocycles. The van der Waals surface area contributed by atoms with Crippen LogP contribution in [0.5, 0.6) is 6.01 Å². The summed E-state index contributed by atoms with van der Waals surface area (Å²) in [6.07, 6.45) is 5.48. The van der Waals surface area contributed by atoms with Crippen LogP contribution in [-0.2, 0) is 4.74 Å². The molecule has 1 N–H and O–H groups in total. The maximum atomic E-state index is 16.5. The second-order valence-corrected chi connectivity index (χ2v) is 11.4. The van der Waals surface area contributed by atoms with Crippen molar-refractivity contribution in [3.8, 4) is 17.3 Å². The van der Waals surface area contributed by atoms with Crippen molar-refractivity contribution in [1.29, 1.82) is 0 Å². The fourth-order valence-electron chi connectivity index (χ4n) is 6.57. The van der Waals surface area contributed by atoms with Crippen LogP contribution >= 0.6 is 11.6 Å². The molecule has 4 aromatic rings. The molecular formula is C28H30ClF2N7O2. The molecule has 3 saturated heterocycles. The number of aromatic nitrogens is 5. The molecule has 9 nitrogen and oxygen atoms in total. The average Bonchev–Trinajstić information content (AvgIpc) is 3.56. The summed E-state index contributed by atoms with van der Waals surface area (Å²) >= 11 is 6.50. The molecule has 0 unspecified atom stereocenters. The minimum atomic E-state index is -0.874. The summed E-state index contributed by atoms with van der Waals surface area (Å²) in [7, 11) is 0. The van der Waals surface area contributed by atoms with Gasteiger partial charge in [0.2, 0.25) is 0 Å². The Kier molecular flexibility index (Phi) is 6.47. The van der Waals surface area contributed by atoms with Crippen molar-refractivity contribution in [2.24, 2.45) is 0 Å². The van der Waals surface area contributed by atoms with E-state index in [-0.39, 0.29) is 29.4 Å². The molecule has 12 heteroatoms. The summed E-state index contributed by atoms with van der Waals surface area (Å²) in [5, 5.41) is 8.71. The molecule has 6 heterocycles. The van der Waals surface area contributed by atoms with Gasteiger partial charge in [-0.1, -0.05) is 11.6 Å². The van der Waals surface area contributed by atoms with E-state index < -0.39 is 12.0 Å². The number of aromatic amines is 1. The van der Waals surface area contributed by atoms with Crippen molar-refractivity contribution in [2.75, 3.05) is 50.9 Å². The van der Waals surface area contributed by atoms with Gasteiger partial charge >= 0.3 is 6.01 Å². The van der Waals surface area contributed by atoms with E-state index in [0.717, 1.165) is 25.8 Å². The molecule has 1 aromatic carbocycles. The zero-order valence-corrected chi connectivity index (χ0v) is 23.0. The van der Waals surface area contributed by atoms with Crippen molar-refractivity contribution in [1.82, 2.24) is 30.0 Å². The van der Waals surface area contributed by atoms with E-state index in [2.05, 4.69) is 30.0 Å². The van der Waals surface area contributed by atoms with Gasteiger partial charge in [-0.3, -0.25) is 15.0 Å². The predicted molar refractivity (Wildman–Crippen MR) is 148 cm³/mol. The minimum Gasteiger partial charge on any atom is -0.461 e. The normalized spacial score (nSPS) is 23.7. The first kappa shape index (κ1) is 25.8. The number of nitrogens with zero attached hydrogens (tertiary/aromatic N) is 6. The van der Waals surface area contributed by atoms with Crippen molar-refractivity contribution >= 4 is 39.2 Å². The first-order chi connectivity index (χ1) is 19.4. The van der Waals surface area contributed by atoms with Crippen molar-refractivity contribution < 1.29 is 18.3 Å².